The molecular weight excluding hydrogens is 264 g/mol. The molecule has 0 aliphatic heterocycles. The van der Waals surface area contributed by atoms with Gasteiger partial charge in [-0.2, -0.15) is 0 Å². The third kappa shape index (κ3) is 4.52. The molecule has 0 saturated carbocycles. The van der Waals surface area contributed by atoms with Gasteiger partial charge in [-0.1, -0.05) is 24.1 Å². The van der Waals surface area contributed by atoms with Gasteiger partial charge in [0, 0.05) is 12.4 Å². The maximum atomic E-state index is 13.1. The zero-order valence-corrected chi connectivity index (χ0v) is 10.8. The van der Waals surface area contributed by atoms with E-state index in [1.165, 1.54) is 18.2 Å². The Bertz CT molecular complexity index is 385. The lowest BCUT2D eigenvalue weighted by atomic mass is 10.2. The summed E-state index contributed by atoms with van der Waals surface area (Å²) in [6.07, 6.45) is 2.74. The molecule has 0 aliphatic carbocycles. The van der Waals surface area contributed by atoms with Gasteiger partial charge in [-0.25, -0.2) is 4.39 Å². The molecule has 1 aromatic carbocycles. The zero-order valence-electron chi connectivity index (χ0n) is 9.31. The SMILES string of the molecule is O=C(NCCCCCCl)c1cccc(F)c1Cl. The second-order valence-electron chi connectivity index (χ2n) is 3.61. The highest BCUT2D eigenvalue weighted by atomic mass is 35.5. The maximum Gasteiger partial charge on any atom is 0.252 e. The van der Waals surface area contributed by atoms with Crippen LogP contribution in [-0.4, -0.2) is 18.3 Å². The molecule has 0 heterocycles. The van der Waals surface area contributed by atoms with E-state index in [2.05, 4.69) is 5.32 Å². The number of halogens is 3. The molecular formula is C12H14Cl2FNO. The Morgan fingerprint density at radius 3 is 2.76 bits per heavy atom. The van der Waals surface area contributed by atoms with E-state index in [9.17, 15) is 9.18 Å². The zero-order chi connectivity index (χ0) is 12.7. The Labute approximate surface area is 110 Å². The van der Waals surface area contributed by atoms with Crippen molar-refractivity contribution >= 4 is 29.1 Å². The molecule has 0 aromatic heterocycles. The number of carbonyl (C=O) groups excluding carboxylic acids is 1. The van der Waals surface area contributed by atoms with Crippen LogP contribution in [0.4, 0.5) is 4.39 Å². The largest absolute Gasteiger partial charge is 0.352 e. The van der Waals surface area contributed by atoms with Crippen LogP contribution in [-0.2, 0) is 0 Å². The van der Waals surface area contributed by atoms with E-state index in [4.69, 9.17) is 23.2 Å². The van der Waals surface area contributed by atoms with Crippen LogP contribution >= 0.6 is 23.2 Å². The van der Waals surface area contributed by atoms with Gasteiger partial charge in [0.15, 0.2) is 0 Å². The Morgan fingerprint density at radius 2 is 2.06 bits per heavy atom. The molecule has 0 aliphatic rings. The van der Waals surface area contributed by atoms with Gasteiger partial charge in [0.2, 0.25) is 0 Å². The van der Waals surface area contributed by atoms with Gasteiger partial charge in [0.25, 0.3) is 5.91 Å². The van der Waals surface area contributed by atoms with Crippen LogP contribution in [0.5, 0.6) is 0 Å². The first-order valence-corrected chi connectivity index (χ1v) is 6.36. The van der Waals surface area contributed by atoms with Gasteiger partial charge in [-0.05, 0) is 25.0 Å². The minimum Gasteiger partial charge on any atom is -0.352 e. The molecule has 0 saturated heterocycles. The summed E-state index contributed by atoms with van der Waals surface area (Å²) in [7, 11) is 0. The van der Waals surface area contributed by atoms with Crippen LogP contribution in [0.2, 0.25) is 5.02 Å². The average Bonchev–Trinajstić information content (AvgIpc) is 2.32. The van der Waals surface area contributed by atoms with Crippen molar-refractivity contribution in [2.45, 2.75) is 19.3 Å². The number of rotatable bonds is 6. The van der Waals surface area contributed by atoms with Gasteiger partial charge in [-0.3, -0.25) is 4.79 Å². The van der Waals surface area contributed by atoms with Crippen LogP contribution in [0.15, 0.2) is 18.2 Å². The summed E-state index contributed by atoms with van der Waals surface area (Å²) in [4.78, 5) is 11.7. The predicted molar refractivity (Wildman–Crippen MR) is 68.3 cm³/mol. The molecule has 0 unspecified atom stereocenters. The summed E-state index contributed by atoms with van der Waals surface area (Å²) >= 11 is 11.2. The van der Waals surface area contributed by atoms with Crippen molar-refractivity contribution < 1.29 is 9.18 Å². The molecule has 0 radical (unpaired) electrons. The average molecular weight is 278 g/mol. The van der Waals surface area contributed by atoms with Crippen molar-refractivity contribution in [1.29, 1.82) is 0 Å². The molecule has 1 rings (SSSR count). The molecule has 1 amide bonds. The van der Waals surface area contributed by atoms with Gasteiger partial charge in [-0.15, -0.1) is 11.6 Å². The van der Waals surface area contributed by atoms with Crippen LogP contribution in [0.25, 0.3) is 0 Å². The summed E-state index contributed by atoms with van der Waals surface area (Å²) in [5, 5.41) is 2.56. The van der Waals surface area contributed by atoms with Gasteiger partial charge < -0.3 is 5.32 Å². The quantitative estimate of drug-likeness (QED) is 0.625. The minimum atomic E-state index is -0.582. The smallest absolute Gasteiger partial charge is 0.252 e. The minimum absolute atomic E-state index is 0.134. The Morgan fingerprint density at radius 1 is 1.29 bits per heavy atom. The van der Waals surface area contributed by atoms with Crippen LogP contribution in [0.1, 0.15) is 29.6 Å². The molecule has 1 aromatic rings. The first kappa shape index (κ1) is 14.3. The van der Waals surface area contributed by atoms with E-state index in [-0.39, 0.29) is 16.5 Å². The molecule has 0 spiro atoms. The Kier molecular flexibility index (Phi) is 6.30. The number of hydrogen-bond acceptors (Lipinski definition) is 1. The van der Waals surface area contributed by atoms with Crippen LogP contribution in [0, 0.1) is 5.82 Å². The highest BCUT2D eigenvalue weighted by Crippen LogP contribution is 2.19. The number of carbonyl (C=O) groups is 1. The first-order chi connectivity index (χ1) is 8.16. The Hall–Kier alpha value is -0.800. The van der Waals surface area contributed by atoms with Crippen molar-refractivity contribution in [3.8, 4) is 0 Å². The van der Waals surface area contributed by atoms with Crippen molar-refractivity contribution in [3.05, 3.63) is 34.6 Å². The fraction of sp³-hybridized carbons (Fsp3) is 0.417. The van der Waals surface area contributed by atoms with E-state index in [0.717, 1.165) is 19.3 Å². The Balaban J connectivity index is 2.44. The van der Waals surface area contributed by atoms with Crippen molar-refractivity contribution in [1.82, 2.24) is 5.32 Å². The third-order valence-corrected chi connectivity index (χ3v) is 2.94. The lowest BCUT2D eigenvalue weighted by molar-refractivity contribution is 0.0952. The van der Waals surface area contributed by atoms with Crippen LogP contribution < -0.4 is 5.32 Å². The second-order valence-corrected chi connectivity index (χ2v) is 4.36. The molecule has 0 bridgehead atoms. The number of nitrogens with one attached hydrogen (secondary N) is 1. The summed E-state index contributed by atoms with van der Waals surface area (Å²) < 4.78 is 13.1. The molecule has 1 N–H and O–H groups in total. The second kappa shape index (κ2) is 7.51. The number of hydrogen-bond donors (Lipinski definition) is 1. The van der Waals surface area contributed by atoms with Gasteiger partial charge in [0.1, 0.15) is 5.82 Å². The summed E-state index contributed by atoms with van der Waals surface area (Å²) in [6.45, 7) is 0.544. The fourth-order valence-electron chi connectivity index (χ4n) is 1.37. The van der Waals surface area contributed by atoms with Crippen molar-refractivity contribution in [2.24, 2.45) is 0 Å². The highest BCUT2D eigenvalue weighted by Gasteiger charge is 2.12. The maximum absolute atomic E-state index is 13.1. The first-order valence-electron chi connectivity index (χ1n) is 5.45. The summed E-state index contributed by atoms with van der Waals surface area (Å²) in [5.74, 6) is -0.300. The van der Waals surface area contributed by atoms with E-state index in [0.29, 0.717) is 12.4 Å². The number of alkyl halides is 1. The van der Waals surface area contributed by atoms with Crippen molar-refractivity contribution in [2.75, 3.05) is 12.4 Å². The molecule has 94 valence electrons. The fourth-order valence-corrected chi connectivity index (χ4v) is 1.77. The predicted octanol–water partition coefficient (Wildman–Crippen LogP) is 3.62. The van der Waals surface area contributed by atoms with E-state index in [1.54, 1.807) is 0 Å². The normalized spacial score (nSPS) is 10.3. The number of unbranched alkanes of at least 4 members (excludes halogenated alkanes) is 2. The topological polar surface area (TPSA) is 29.1 Å². The standard InChI is InChI=1S/C12H14Cl2FNO/c13-7-2-1-3-8-16-12(17)9-5-4-6-10(15)11(9)14/h4-6H,1-3,7-8H2,(H,16,17). The number of benzene rings is 1. The highest BCUT2D eigenvalue weighted by molar-refractivity contribution is 6.34. The van der Waals surface area contributed by atoms with E-state index in [1.807, 2.05) is 0 Å². The third-order valence-electron chi connectivity index (χ3n) is 2.29. The monoisotopic (exact) mass is 277 g/mol. The summed E-state index contributed by atoms with van der Waals surface area (Å²) in [5.41, 5.74) is 0.170. The van der Waals surface area contributed by atoms with E-state index < -0.39 is 5.82 Å². The molecule has 5 heteroatoms. The van der Waals surface area contributed by atoms with Crippen molar-refractivity contribution in [3.63, 3.8) is 0 Å². The number of amides is 1. The molecule has 2 nitrogen and oxygen atoms in total. The van der Waals surface area contributed by atoms with E-state index >= 15 is 0 Å². The molecule has 17 heavy (non-hydrogen) atoms. The van der Waals surface area contributed by atoms with Gasteiger partial charge >= 0.3 is 0 Å². The summed E-state index contributed by atoms with van der Waals surface area (Å²) in [6, 6.07) is 4.18. The lowest BCUT2D eigenvalue weighted by Crippen LogP contribution is -2.24. The molecule has 0 atom stereocenters. The van der Waals surface area contributed by atoms with Gasteiger partial charge in [0.05, 0.1) is 10.6 Å². The molecule has 0 fully saturated rings. The lowest BCUT2D eigenvalue weighted by Gasteiger charge is -2.06. The van der Waals surface area contributed by atoms with Crippen LogP contribution in [0.3, 0.4) is 0 Å².